The monoisotopic (exact) mass is 242 g/mol. The van der Waals surface area contributed by atoms with E-state index < -0.39 is 6.10 Å². The quantitative estimate of drug-likeness (QED) is 0.871. The highest BCUT2D eigenvalue weighted by molar-refractivity contribution is 7.16. The van der Waals surface area contributed by atoms with E-state index in [1.165, 1.54) is 11.3 Å². The number of aryl methyl sites for hydroxylation is 2. The topological polar surface area (TPSA) is 33.4 Å². The highest BCUT2D eigenvalue weighted by atomic mass is 35.5. The highest BCUT2D eigenvalue weighted by Gasteiger charge is 2.17. The van der Waals surface area contributed by atoms with Gasteiger partial charge in [-0.2, -0.15) is 0 Å². The Morgan fingerprint density at radius 1 is 1.40 bits per heavy atom. The molecule has 1 atom stereocenters. The Hall–Kier alpha value is -0.770. The first-order chi connectivity index (χ1) is 7.08. The molecule has 0 saturated carbocycles. The molecule has 1 N–H and O–H groups in total. The lowest BCUT2D eigenvalue weighted by Gasteiger charge is -2.03. The van der Waals surface area contributed by atoms with Gasteiger partial charge in [-0.05, 0) is 37.6 Å². The second kappa shape index (κ2) is 4.00. The molecule has 0 aliphatic heterocycles. The van der Waals surface area contributed by atoms with Crippen molar-refractivity contribution >= 4 is 22.9 Å². The summed E-state index contributed by atoms with van der Waals surface area (Å²) in [5, 5.41) is 10.0. The Kier molecular flexibility index (Phi) is 2.87. The largest absolute Gasteiger partial charge is 0.463 e. The van der Waals surface area contributed by atoms with Gasteiger partial charge in [0.25, 0.3) is 0 Å². The normalized spacial score (nSPS) is 13.1. The lowest BCUT2D eigenvalue weighted by molar-refractivity contribution is 0.191. The van der Waals surface area contributed by atoms with Crippen LogP contribution in [0.25, 0.3) is 0 Å². The number of rotatable bonds is 2. The third-order valence-electron chi connectivity index (χ3n) is 2.18. The molecule has 2 heterocycles. The van der Waals surface area contributed by atoms with E-state index in [2.05, 4.69) is 0 Å². The summed E-state index contributed by atoms with van der Waals surface area (Å²) in [6, 6.07) is 5.50. The SMILES string of the molecule is Cc1ccc(C(O)c2cc(C)c(Cl)s2)o1. The van der Waals surface area contributed by atoms with Crippen molar-refractivity contribution < 1.29 is 9.52 Å². The Morgan fingerprint density at radius 2 is 2.13 bits per heavy atom. The van der Waals surface area contributed by atoms with Crippen LogP contribution in [0.5, 0.6) is 0 Å². The third kappa shape index (κ3) is 2.09. The van der Waals surface area contributed by atoms with Crippen molar-refractivity contribution in [3.05, 3.63) is 44.5 Å². The number of halogens is 1. The summed E-state index contributed by atoms with van der Waals surface area (Å²) in [5.41, 5.74) is 0.985. The zero-order chi connectivity index (χ0) is 11.0. The minimum Gasteiger partial charge on any atom is -0.463 e. The fourth-order valence-electron chi connectivity index (χ4n) is 1.36. The number of hydrogen-bond donors (Lipinski definition) is 1. The van der Waals surface area contributed by atoms with Crippen molar-refractivity contribution in [1.82, 2.24) is 0 Å². The predicted molar refractivity (Wildman–Crippen MR) is 61.6 cm³/mol. The molecule has 2 aromatic rings. The van der Waals surface area contributed by atoms with Crippen molar-refractivity contribution in [2.75, 3.05) is 0 Å². The average molecular weight is 243 g/mol. The van der Waals surface area contributed by atoms with Crippen LogP contribution in [0.3, 0.4) is 0 Å². The molecule has 0 aliphatic carbocycles. The van der Waals surface area contributed by atoms with Crippen LogP contribution in [0.1, 0.15) is 28.1 Å². The van der Waals surface area contributed by atoms with Crippen molar-refractivity contribution in [1.29, 1.82) is 0 Å². The minimum absolute atomic E-state index is 0.561. The molecule has 0 aromatic carbocycles. The van der Waals surface area contributed by atoms with E-state index in [0.717, 1.165) is 16.2 Å². The summed E-state index contributed by atoms with van der Waals surface area (Å²) in [4.78, 5) is 0.812. The first-order valence-corrected chi connectivity index (χ1v) is 5.77. The Labute approximate surface area is 97.1 Å². The summed E-state index contributed by atoms with van der Waals surface area (Å²) in [6.07, 6.45) is -0.713. The van der Waals surface area contributed by atoms with E-state index in [0.29, 0.717) is 10.1 Å². The standard InChI is InChI=1S/C11H11ClO2S/c1-6-5-9(15-11(6)12)10(13)8-4-3-7(2)14-8/h3-5,10,13H,1-2H3. The van der Waals surface area contributed by atoms with Gasteiger partial charge in [-0.15, -0.1) is 11.3 Å². The molecule has 0 amide bonds. The summed E-state index contributed by atoms with van der Waals surface area (Å²) in [6.45, 7) is 3.77. The molecule has 0 spiro atoms. The lowest BCUT2D eigenvalue weighted by Crippen LogP contribution is -1.94. The van der Waals surface area contributed by atoms with Crippen LogP contribution in [0.2, 0.25) is 4.34 Å². The van der Waals surface area contributed by atoms with E-state index in [4.69, 9.17) is 16.0 Å². The third-order valence-corrected chi connectivity index (χ3v) is 3.78. The lowest BCUT2D eigenvalue weighted by atomic mass is 10.2. The van der Waals surface area contributed by atoms with Gasteiger partial charge >= 0.3 is 0 Å². The van der Waals surface area contributed by atoms with Gasteiger partial charge in [0.1, 0.15) is 17.6 Å². The molecule has 0 aliphatic rings. The molecule has 2 nitrogen and oxygen atoms in total. The Bertz CT molecular complexity index is 453. The average Bonchev–Trinajstić information content (AvgIpc) is 2.74. The van der Waals surface area contributed by atoms with Crippen molar-refractivity contribution in [2.45, 2.75) is 20.0 Å². The molecule has 0 saturated heterocycles. The summed E-state index contributed by atoms with van der Waals surface area (Å²) >= 11 is 7.32. The van der Waals surface area contributed by atoms with E-state index in [9.17, 15) is 5.11 Å². The molecule has 4 heteroatoms. The van der Waals surface area contributed by atoms with Crippen LogP contribution in [-0.4, -0.2) is 5.11 Å². The van der Waals surface area contributed by atoms with Crippen molar-refractivity contribution in [3.8, 4) is 0 Å². The number of aliphatic hydroxyl groups excluding tert-OH is 1. The zero-order valence-electron chi connectivity index (χ0n) is 8.45. The molecule has 2 aromatic heterocycles. The van der Waals surface area contributed by atoms with Gasteiger partial charge in [0.05, 0.1) is 4.34 Å². The molecule has 0 radical (unpaired) electrons. The summed E-state index contributed by atoms with van der Waals surface area (Å²) < 4.78 is 6.08. The smallest absolute Gasteiger partial charge is 0.146 e. The van der Waals surface area contributed by atoms with Crippen LogP contribution in [0.15, 0.2) is 22.6 Å². The first kappa shape index (κ1) is 10.7. The van der Waals surface area contributed by atoms with Gasteiger partial charge in [-0.3, -0.25) is 0 Å². The van der Waals surface area contributed by atoms with Crippen LogP contribution in [0, 0.1) is 13.8 Å². The van der Waals surface area contributed by atoms with Crippen LogP contribution < -0.4 is 0 Å². The molecular formula is C11H11ClO2S. The summed E-state index contributed by atoms with van der Waals surface area (Å²) in [5.74, 6) is 1.36. The highest BCUT2D eigenvalue weighted by Crippen LogP contribution is 2.34. The number of thiophene rings is 1. The maximum absolute atomic E-state index is 10.0. The Balaban J connectivity index is 2.31. The zero-order valence-corrected chi connectivity index (χ0v) is 10.0. The van der Waals surface area contributed by atoms with Gasteiger partial charge < -0.3 is 9.52 Å². The van der Waals surface area contributed by atoms with Crippen LogP contribution in [0.4, 0.5) is 0 Å². The Morgan fingerprint density at radius 3 is 2.60 bits per heavy atom. The molecular weight excluding hydrogens is 232 g/mol. The molecule has 2 rings (SSSR count). The second-order valence-electron chi connectivity index (χ2n) is 3.46. The molecule has 0 fully saturated rings. The minimum atomic E-state index is -0.713. The van der Waals surface area contributed by atoms with Gasteiger partial charge in [0.2, 0.25) is 0 Å². The fourth-order valence-corrected chi connectivity index (χ4v) is 2.57. The van der Waals surface area contributed by atoms with Gasteiger partial charge in [0, 0.05) is 4.88 Å². The predicted octanol–water partition coefficient (Wildman–Crippen LogP) is 3.69. The van der Waals surface area contributed by atoms with Crippen molar-refractivity contribution in [3.63, 3.8) is 0 Å². The van der Waals surface area contributed by atoms with Gasteiger partial charge in [-0.1, -0.05) is 11.6 Å². The number of hydrogen-bond acceptors (Lipinski definition) is 3. The number of furan rings is 1. The van der Waals surface area contributed by atoms with Gasteiger partial charge in [-0.25, -0.2) is 0 Å². The van der Waals surface area contributed by atoms with Crippen LogP contribution in [-0.2, 0) is 0 Å². The first-order valence-electron chi connectivity index (χ1n) is 4.58. The molecule has 80 valence electrons. The van der Waals surface area contributed by atoms with Crippen molar-refractivity contribution in [2.24, 2.45) is 0 Å². The number of aliphatic hydroxyl groups is 1. The molecule has 1 unspecified atom stereocenters. The molecule has 0 bridgehead atoms. The maximum atomic E-state index is 10.0. The maximum Gasteiger partial charge on any atom is 0.146 e. The van der Waals surface area contributed by atoms with Gasteiger partial charge in [0.15, 0.2) is 0 Å². The molecule has 15 heavy (non-hydrogen) atoms. The van der Waals surface area contributed by atoms with E-state index in [-0.39, 0.29) is 0 Å². The fraction of sp³-hybridized carbons (Fsp3) is 0.273. The van der Waals surface area contributed by atoms with E-state index in [1.54, 1.807) is 6.07 Å². The van der Waals surface area contributed by atoms with E-state index in [1.807, 2.05) is 26.0 Å². The summed E-state index contributed by atoms with van der Waals surface area (Å²) in [7, 11) is 0. The van der Waals surface area contributed by atoms with E-state index >= 15 is 0 Å². The van der Waals surface area contributed by atoms with Crippen LogP contribution >= 0.6 is 22.9 Å². The second-order valence-corrected chi connectivity index (χ2v) is 5.14.